The van der Waals surface area contributed by atoms with Crippen LogP contribution in [-0.4, -0.2) is 11.1 Å². The maximum absolute atomic E-state index is 10.5. The van der Waals surface area contributed by atoms with Gasteiger partial charge in [0.25, 0.3) is 0 Å². The second-order valence-electron chi connectivity index (χ2n) is 3.32. The van der Waals surface area contributed by atoms with Crippen LogP contribution in [0.1, 0.15) is 5.76 Å². The molecule has 82 valence electrons. The van der Waals surface area contributed by atoms with Crippen molar-refractivity contribution in [3.05, 3.63) is 46.6 Å². The van der Waals surface area contributed by atoms with E-state index in [1.165, 1.54) is 0 Å². The highest BCUT2D eigenvalue weighted by Gasteiger charge is 2.09. The molecule has 2 rings (SSSR count). The molecule has 0 amide bonds. The molecule has 0 aliphatic rings. The molecule has 16 heavy (non-hydrogen) atoms. The molecule has 0 radical (unpaired) electrons. The molecule has 0 saturated carbocycles. The summed E-state index contributed by atoms with van der Waals surface area (Å²) in [6.07, 6.45) is -0.0928. The third-order valence-electron chi connectivity index (χ3n) is 2.13. The summed E-state index contributed by atoms with van der Waals surface area (Å²) in [5.74, 6) is 0.231. The van der Waals surface area contributed by atoms with Crippen molar-refractivity contribution >= 4 is 21.9 Å². The van der Waals surface area contributed by atoms with Crippen LogP contribution in [0, 0.1) is 0 Å². The summed E-state index contributed by atoms with van der Waals surface area (Å²) in [6, 6.07) is 11.1. The van der Waals surface area contributed by atoms with Gasteiger partial charge in [0.2, 0.25) is 0 Å². The molecule has 1 N–H and O–H groups in total. The van der Waals surface area contributed by atoms with Gasteiger partial charge in [-0.25, -0.2) is 0 Å². The number of halogens is 1. The van der Waals surface area contributed by atoms with Crippen LogP contribution in [0.2, 0.25) is 0 Å². The summed E-state index contributed by atoms with van der Waals surface area (Å²) >= 11 is 3.42. The van der Waals surface area contributed by atoms with E-state index in [2.05, 4.69) is 15.9 Å². The lowest BCUT2D eigenvalue weighted by Crippen LogP contribution is -1.97. The summed E-state index contributed by atoms with van der Waals surface area (Å²) < 4.78 is 6.37. The van der Waals surface area contributed by atoms with Gasteiger partial charge >= 0.3 is 5.97 Å². The summed E-state index contributed by atoms with van der Waals surface area (Å²) in [4.78, 5) is 10.5. The molecule has 0 unspecified atom stereocenters. The Morgan fingerprint density at radius 2 is 2.00 bits per heavy atom. The maximum atomic E-state index is 10.5. The number of benzene rings is 1. The molecule has 0 saturated heterocycles. The first-order valence-electron chi connectivity index (χ1n) is 4.72. The summed E-state index contributed by atoms with van der Waals surface area (Å²) in [5.41, 5.74) is 0.916. The third kappa shape index (κ3) is 2.33. The molecule has 0 aliphatic heterocycles. The van der Waals surface area contributed by atoms with Crippen LogP contribution in [0.3, 0.4) is 0 Å². The highest BCUT2D eigenvalue weighted by atomic mass is 79.9. The molecule has 0 atom stereocenters. The topological polar surface area (TPSA) is 50.4 Å². The molecule has 1 heterocycles. The van der Waals surface area contributed by atoms with Gasteiger partial charge in [0.1, 0.15) is 17.9 Å². The zero-order chi connectivity index (χ0) is 11.5. The van der Waals surface area contributed by atoms with Crippen molar-refractivity contribution in [1.82, 2.24) is 0 Å². The molecule has 3 nitrogen and oxygen atoms in total. The molecular weight excluding hydrogens is 272 g/mol. The van der Waals surface area contributed by atoms with Gasteiger partial charge in [-0.05, 0) is 18.2 Å². The second-order valence-corrected chi connectivity index (χ2v) is 4.17. The number of carbonyl (C=O) groups is 1. The van der Waals surface area contributed by atoms with Crippen LogP contribution in [-0.2, 0) is 11.2 Å². The van der Waals surface area contributed by atoms with E-state index in [-0.39, 0.29) is 6.42 Å². The Labute approximate surface area is 101 Å². The first-order valence-corrected chi connectivity index (χ1v) is 5.51. The fourth-order valence-corrected chi connectivity index (χ4v) is 1.91. The number of furan rings is 1. The van der Waals surface area contributed by atoms with Crippen molar-refractivity contribution in [2.75, 3.05) is 0 Å². The van der Waals surface area contributed by atoms with Gasteiger partial charge < -0.3 is 9.52 Å². The smallest absolute Gasteiger partial charge is 0.311 e. The van der Waals surface area contributed by atoms with Gasteiger partial charge in [0, 0.05) is 10.0 Å². The normalized spacial score (nSPS) is 10.3. The van der Waals surface area contributed by atoms with Crippen molar-refractivity contribution in [2.24, 2.45) is 0 Å². The highest BCUT2D eigenvalue weighted by Crippen LogP contribution is 2.29. The first kappa shape index (κ1) is 11.0. The molecular formula is C12H9BrO3. The average molecular weight is 281 g/mol. The molecule has 0 aliphatic carbocycles. The molecule has 1 aromatic carbocycles. The Morgan fingerprint density at radius 3 is 2.69 bits per heavy atom. The van der Waals surface area contributed by atoms with E-state index in [0.29, 0.717) is 11.5 Å². The lowest BCUT2D eigenvalue weighted by atomic mass is 10.2. The fourth-order valence-electron chi connectivity index (χ4n) is 1.43. The zero-order valence-electron chi connectivity index (χ0n) is 8.31. The van der Waals surface area contributed by atoms with Gasteiger partial charge in [0.15, 0.2) is 0 Å². The largest absolute Gasteiger partial charge is 0.481 e. The molecule has 1 aromatic heterocycles. The Balaban J connectivity index is 2.32. The van der Waals surface area contributed by atoms with Crippen molar-refractivity contribution in [1.29, 1.82) is 0 Å². The van der Waals surface area contributed by atoms with Crippen LogP contribution in [0.4, 0.5) is 0 Å². The number of carboxylic acid groups (broad SMARTS) is 1. The van der Waals surface area contributed by atoms with E-state index in [4.69, 9.17) is 9.52 Å². The predicted molar refractivity (Wildman–Crippen MR) is 63.2 cm³/mol. The van der Waals surface area contributed by atoms with Gasteiger partial charge in [-0.3, -0.25) is 4.79 Å². The number of rotatable bonds is 3. The molecule has 4 heteroatoms. The first-order chi connectivity index (χ1) is 7.66. The zero-order valence-corrected chi connectivity index (χ0v) is 9.90. The van der Waals surface area contributed by atoms with E-state index >= 15 is 0 Å². The minimum atomic E-state index is -0.895. The number of aliphatic carboxylic acids is 1. The van der Waals surface area contributed by atoms with Crippen LogP contribution >= 0.6 is 15.9 Å². The minimum Gasteiger partial charge on any atom is -0.481 e. The van der Waals surface area contributed by atoms with Gasteiger partial charge in [0.05, 0.1) is 0 Å². The van der Waals surface area contributed by atoms with E-state index < -0.39 is 5.97 Å². The van der Waals surface area contributed by atoms with Crippen molar-refractivity contribution < 1.29 is 14.3 Å². The molecule has 0 fully saturated rings. The lowest BCUT2D eigenvalue weighted by molar-refractivity contribution is -0.136. The molecule has 0 bridgehead atoms. The number of hydrogen-bond acceptors (Lipinski definition) is 2. The lowest BCUT2D eigenvalue weighted by Gasteiger charge is -1.99. The average Bonchev–Trinajstić information content (AvgIpc) is 2.66. The Morgan fingerprint density at radius 1 is 1.25 bits per heavy atom. The Kier molecular flexibility index (Phi) is 3.10. The second kappa shape index (κ2) is 4.53. The molecule has 2 aromatic rings. The van der Waals surface area contributed by atoms with Gasteiger partial charge in [-0.1, -0.05) is 34.1 Å². The fraction of sp³-hybridized carbons (Fsp3) is 0.0833. The van der Waals surface area contributed by atoms with Crippen LogP contribution in [0.5, 0.6) is 0 Å². The highest BCUT2D eigenvalue weighted by molar-refractivity contribution is 9.10. The van der Waals surface area contributed by atoms with Gasteiger partial charge in [-0.15, -0.1) is 0 Å². The minimum absolute atomic E-state index is 0.0928. The van der Waals surface area contributed by atoms with E-state index in [9.17, 15) is 4.79 Å². The summed E-state index contributed by atoms with van der Waals surface area (Å²) in [5, 5.41) is 8.63. The predicted octanol–water partition coefficient (Wildman–Crippen LogP) is 3.34. The number of hydrogen-bond donors (Lipinski definition) is 1. The summed E-state index contributed by atoms with van der Waals surface area (Å²) in [6.45, 7) is 0. The van der Waals surface area contributed by atoms with Crippen molar-refractivity contribution in [3.8, 4) is 11.3 Å². The Hall–Kier alpha value is -1.55. The number of carboxylic acids is 1. The molecule has 0 spiro atoms. The quantitative estimate of drug-likeness (QED) is 0.938. The van der Waals surface area contributed by atoms with Crippen molar-refractivity contribution in [2.45, 2.75) is 6.42 Å². The standard InChI is InChI=1S/C12H9BrO3/c13-10-4-2-1-3-9(10)11-6-5-8(16-11)7-12(14)15/h1-6H,7H2,(H,14,15). The van der Waals surface area contributed by atoms with Crippen molar-refractivity contribution in [3.63, 3.8) is 0 Å². The van der Waals surface area contributed by atoms with E-state index in [1.54, 1.807) is 12.1 Å². The van der Waals surface area contributed by atoms with E-state index in [0.717, 1.165) is 10.0 Å². The summed E-state index contributed by atoms with van der Waals surface area (Å²) in [7, 11) is 0. The van der Waals surface area contributed by atoms with Gasteiger partial charge in [-0.2, -0.15) is 0 Å². The maximum Gasteiger partial charge on any atom is 0.311 e. The SMILES string of the molecule is O=C(O)Cc1ccc(-c2ccccc2Br)o1. The van der Waals surface area contributed by atoms with E-state index in [1.807, 2.05) is 24.3 Å². The van der Waals surface area contributed by atoms with Crippen LogP contribution in [0.25, 0.3) is 11.3 Å². The monoisotopic (exact) mass is 280 g/mol. The third-order valence-corrected chi connectivity index (χ3v) is 2.82. The Bertz CT molecular complexity index is 516. The van der Waals surface area contributed by atoms with Crippen LogP contribution in [0.15, 0.2) is 45.3 Å². The van der Waals surface area contributed by atoms with Crippen LogP contribution < -0.4 is 0 Å².